The fraction of sp³-hybridized carbons (Fsp3) is 0.261. The van der Waals surface area contributed by atoms with Crippen LogP contribution in [0.1, 0.15) is 30.1 Å². The normalized spacial score (nSPS) is 17.2. The number of amides is 1. The lowest BCUT2D eigenvalue weighted by atomic mass is 10.0. The van der Waals surface area contributed by atoms with Crippen molar-refractivity contribution < 1.29 is 14.3 Å². The summed E-state index contributed by atoms with van der Waals surface area (Å²) in [7, 11) is 1.96. The molecule has 2 aliphatic heterocycles. The lowest BCUT2D eigenvalue weighted by molar-refractivity contribution is -0.126. The van der Waals surface area contributed by atoms with E-state index in [0.29, 0.717) is 11.1 Å². The van der Waals surface area contributed by atoms with Gasteiger partial charge in [0.1, 0.15) is 6.61 Å². The predicted molar refractivity (Wildman–Crippen MR) is 113 cm³/mol. The smallest absolute Gasteiger partial charge is 0.338 e. The van der Waals surface area contributed by atoms with Crippen LogP contribution in [0.15, 0.2) is 83.3 Å². The van der Waals surface area contributed by atoms with E-state index in [1.54, 1.807) is 24.3 Å². The molecule has 0 aliphatic carbocycles. The minimum atomic E-state index is -0.406. The van der Waals surface area contributed by atoms with E-state index in [2.05, 4.69) is 12.0 Å². The topological polar surface area (TPSA) is 62.2 Å². The zero-order chi connectivity index (χ0) is 20.6. The van der Waals surface area contributed by atoms with Gasteiger partial charge in [-0.3, -0.25) is 4.79 Å². The van der Waals surface area contributed by atoms with E-state index in [1.807, 2.05) is 54.7 Å². The van der Waals surface area contributed by atoms with E-state index in [9.17, 15) is 9.59 Å². The fourth-order valence-corrected chi connectivity index (χ4v) is 2.93. The van der Waals surface area contributed by atoms with Crippen molar-refractivity contribution in [1.82, 2.24) is 9.91 Å². The molecule has 0 aromatic heterocycles. The highest BCUT2D eigenvalue weighted by atomic mass is 16.5. The molecule has 0 saturated carbocycles. The van der Waals surface area contributed by atoms with Gasteiger partial charge in [0, 0.05) is 19.4 Å². The van der Waals surface area contributed by atoms with E-state index in [-0.39, 0.29) is 19.1 Å². The summed E-state index contributed by atoms with van der Waals surface area (Å²) >= 11 is 0. The zero-order valence-corrected chi connectivity index (χ0v) is 16.7. The van der Waals surface area contributed by atoms with Crippen molar-refractivity contribution in [3.63, 3.8) is 0 Å². The number of hydrogen-bond donors (Lipinski definition) is 0. The molecule has 0 atom stereocenters. The second kappa shape index (κ2) is 9.68. The highest BCUT2D eigenvalue weighted by Gasteiger charge is 2.28. The van der Waals surface area contributed by atoms with Crippen LogP contribution in [-0.2, 0) is 9.53 Å². The molecule has 0 fully saturated rings. The maximum Gasteiger partial charge on any atom is 0.338 e. The minimum absolute atomic E-state index is 0.0918. The second-order valence-electron chi connectivity index (χ2n) is 6.77. The number of carbonyl (C=O) groups excluding carboxylic acids is 2. The van der Waals surface area contributed by atoms with Crippen molar-refractivity contribution >= 4 is 17.6 Å². The summed E-state index contributed by atoms with van der Waals surface area (Å²) in [6, 6.07) is 8.79. The Kier molecular flexibility index (Phi) is 6.79. The number of ether oxygens (including phenoxy) is 1. The highest BCUT2D eigenvalue weighted by molar-refractivity contribution is 6.24. The van der Waals surface area contributed by atoms with Crippen LogP contribution in [0, 0.1) is 0 Å². The highest BCUT2D eigenvalue weighted by Crippen LogP contribution is 2.19. The molecule has 0 saturated heterocycles. The number of hydrazone groups is 1. The van der Waals surface area contributed by atoms with Gasteiger partial charge in [0.05, 0.1) is 23.4 Å². The molecule has 1 aromatic carbocycles. The number of allylic oxidation sites excluding steroid dienone is 5. The van der Waals surface area contributed by atoms with Crippen LogP contribution >= 0.6 is 0 Å². The maximum atomic E-state index is 12.8. The number of benzene rings is 1. The maximum absolute atomic E-state index is 12.8. The average Bonchev–Trinajstić information content (AvgIpc) is 3.03. The molecule has 3 rings (SSSR count). The molecule has 0 N–H and O–H groups in total. The van der Waals surface area contributed by atoms with Gasteiger partial charge in [-0.05, 0) is 42.4 Å². The van der Waals surface area contributed by atoms with Crippen LogP contribution in [0.2, 0.25) is 0 Å². The van der Waals surface area contributed by atoms with Crippen LogP contribution in [-0.4, -0.2) is 47.7 Å². The first-order valence-corrected chi connectivity index (χ1v) is 9.70. The van der Waals surface area contributed by atoms with Crippen LogP contribution in [0.3, 0.4) is 0 Å². The Morgan fingerprint density at radius 3 is 2.55 bits per heavy atom. The van der Waals surface area contributed by atoms with Crippen LogP contribution < -0.4 is 0 Å². The van der Waals surface area contributed by atoms with E-state index in [0.717, 1.165) is 24.1 Å². The monoisotopic (exact) mass is 391 g/mol. The van der Waals surface area contributed by atoms with Gasteiger partial charge < -0.3 is 9.64 Å². The average molecular weight is 391 g/mol. The molecule has 6 heteroatoms. The molecule has 2 heterocycles. The number of rotatable bonds is 7. The molecule has 150 valence electrons. The SMILES string of the molecule is CCCC1=NN(CCOC(=O)c2ccccc2)C(=O)/C1=C\C=C1C=CN(C)C=C1. The Labute approximate surface area is 171 Å². The van der Waals surface area contributed by atoms with Crippen LogP contribution in [0.4, 0.5) is 0 Å². The van der Waals surface area contributed by atoms with Crippen molar-refractivity contribution in [3.05, 3.63) is 83.7 Å². The number of nitrogens with zero attached hydrogens (tertiary/aromatic N) is 3. The van der Waals surface area contributed by atoms with Gasteiger partial charge in [0.2, 0.25) is 0 Å². The molecule has 0 radical (unpaired) electrons. The first-order valence-electron chi connectivity index (χ1n) is 9.70. The van der Waals surface area contributed by atoms with E-state index < -0.39 is 5.97 Å². The Morgan fingerprint density at radius 1 is 1.14 bits per heavy atom. The predicted octanol–water partition coefficient (Wildman–Crippen LogP) is 3.67. The summed E-state index contributed by atoms with van der Waals surface area (Å²) < 4.78 is 5.28. The van der Waals surface area contributed by atoms with E-state index in [4.69, 9.17) is 4.74 Å². The third kappa shape index (κ3) is 5.31. The molecular weight excluding hydrogens is 366 g/mol. The molecule has 1 amide bonds. The van der Waals surface area contributed by atoms with Crippen molar-refractivity contribution in [2.24, 2.45) is 5.10 Å². The van der Waals surface area contributed by atoms with E-state index >= 15 is 0 Å². The molecule has 6 nitrogen and oxygen atoms in total. The lowest BCUT2D eigenvalue weighted by Crippen LogP contribution is -2.27. The summed E-state index contributed by atoms with van der Waals surface area (Å²) in [4.78, 5) is 26.8. The van der Waals surface area contributed by atoms with Crippen molar-refractivity contribution in [1.29, 1.82) is 0 Å². The number of hydrogen-bond acceptors (Lipinski definition) is 5. The van der Waals surface area contributed by atoms with Gasteiger partial charge in [-0.15, -0.1) is 0 Å². The largest absolute Gasteiger partial charge is 0.460 e. The standard InChI is InChI=1S/C23H25N3O3/c1-3-7-21-20(11-10-18-12-14-25(2)15-13-18)22(27)26(24-21)16-17-29-23(28)19-8-5-4-6-9-19/h4-6,8-15H,3,7,16-17H2,1-2H3/b20-11-. The summed E-state index contributed by atoms with van der Waals surface area (Å²) in [6.07, 6.45) is 13.2. The van der Waals surface area contributed by atoms with Gasteiger partial charge >= 0.3 is 5.97 Å². The first kappa shape index (κ1) is 20.3. The summed E-state index contributed by atoms with van der Waals surface area (Å²) in [5, 5.41) is 5.84. The third-order valence-electron chi connectivity index (χ3n) is 4.50. The van der Waals surface area contributed by atoms with E-state index in [1.165, 1.54) is 5.01 Å². The molecule has 0 spiro atoms. The minimum Gasteiger partial charge on any atom is -0.460 e. The number of carbonyl (C=O) groups is 2. The van der Waals surface area contributed by atoms with Crippen LogP contribution in [0.5, 0.6) is 0 Å². The van der Waals surface area contributed by atoms with Gasteiger partial charge in [0.25, 0.3) is 5.91 Å². The summed E-state index contributed by atoms with van der Waals surface area (Å²) in [5.41, 5.74) is 2.86. The zero-order valence-electron chi connectivity index (χ0n) is 16.7. The summed E-state index contributed by atoms with van der Waals surface area (Å²) in [6.45, 7) is 2.37. The Morgan fingerprint density at radius 2 is 1.86 bits per heavy atom. The van der Waals surface area contributed by atoms with Crippen molar-refractivity contribution in [2.75, 3.05) is 20.2 Å². The van der Waals surface area contributed by atoms with Gasteiger partial charge in [-0.2, -0.15) is 5.10 Å². The first-order chi connectivity index (χ1) is 14.1. The molecule has 1 aromatic rings. The second-order valence-corrected chi connectivity index (χ2v) is 6.77. The lowest BCUT2D eigenvalue weighted by Gasteiger charge is -2.12. The van der Waals surface area contributed by atoms with Crippen LogP contribution in [0.25, 0.3) is 0 Å². The number of esters is 1. The van der Waals surface area contributed by atoms with Gasteiger partial charge in [-0.25, -0.2) is 9.80 Å². The molecule has 29 heavy (non-hydrogen) atoms. The molecule has 0 unspecified atom stereocenters. The summed E-state index contributed by atoms with van der Waals surface area (Å²) in [5.74, 6) is -0.571. The Bertz CT molecular complexity index is 895. The molecule has 0 bridgehead atoms. The molecule has 2 aliphatic rings. The van der Waals surface area contributed by atoms with Crippen molar-refractivity contribution in [2.45, 2.75) is 19.8 Å². The van der Waals surface area contributed by atoms with Gasteiger partial charge in [0.15, 0.2) is 0 Å². The fourth-order valence-electron chi connectivity index (χ4n) is 2.93. The van der Waals surface area contributed by atoms with Crippen molar-refractivity contribution in [3.8, 4) is 0 Å². The quantitative estimate of drug-likeness (QED) is 0.526. The van der Waals surface area contributed by atoms with Gasteiger partial charge in [-0.1, -0.05) is 37.6 Å². The Balaban J connectivity index is 1.63. The third-order valence-corrected chi connectivity index (χ3v) is 4.50. The molecular formula is C23H25N3O3. The Hall–Kier alpha value is -3.41.